The summed E-state index contributed by atoms with van der Waals surface area (Å²) >= 11 is 0. The summed E-state index contributed by atoms with van der Waals surface area (Å²) in [5, 5.41) is 3.82. The maximum absolute atomic E-state index is 4.28. The summed E-state index contributed by atoms with van der Waals surface area (Å²) in [5.41, 5.74) is 5.65. The molecule has 4 rings (SSSR count). The summed E-state index contributed by atoms with van der Waals surface area (Å²) in [4.78, 5) is 4.28. The van der Waals surface area contributed by atoms with Gasteiger partial charge in [-0.1, -0.05) is 24.3 Å². The summed E-state index contributed by atoms with van der Waals surface area (Å²) < 4.78 is 0. The molecule has 0 radical (unpaired) electrons. The van der Waals surface area contributed by atoms with Crippen LogP contribution in [0.4, 0.5) is 5.69 Å². The first kappa shape index (κ1) is 12.9. The van der Waals surface area contributed by atoms with E-state index in [1.54, 1.807) is 11.1 Å². The summed E-state index contributed by atoms with van der Waals surface area (Å²) in [7, 11) is 0. The molecule has 21 heavy (non-hydrogen) atoms. The molecular weight excluding hydrogens is 256 g/mol. The van der Waals surface area contributed by atoms with Gasteiger partial charge in [-0.2, -0.15) is 0 Å². The van der Waals surface area contributed by atoms with Gasteiger partial charge < -0.3 is 5.32 Å². The second-order valence-corrected chi connectivity index (χ2v) is 6.64. The van der Waals surface area contributed by atoms with Crippen molar-refractivity contribution in [2.24, 2.45) is 11.8 Å². The fourth-order valence-electron chi connectivity index (χ4n) is 4.18. The monoisotopic (exact) mass is 278 g/mol. The number of nitrogens with zero attached hydrogens (tertiary/aromatic N) is 1. The van der Waals surface area contributed by atoms with Crippen LogP contribution in [0.3, 0.4) is 0 Å². The Morgan fingerprint density at radius 1 is 1.00 bits per heavy atom. The molecule has 2 aromatic rings. The van der Waals surface area contributed by atoms with Gasteiger partial charge in [0.2, 0.25) is 0 Å². The van der Waals surface area contributed by atoms with E-state index in [-0.39, 0.29) is 0 Å². The van der Waals surface area contributed by atoms with Crippen molar-refractivity contribution in [3.8, 4) is 0 Å². The van der Waals surface area contributed by atoms with Crippen molar-refractivity contribution < 1.29 is 0 Å². The third kappa shape index (κ3) is 2.33. The molecule has 2 unspecified atom stereocenters. The van der Waals surface area contributed by atoms with E-state index in [0.717, 1.165) is 11.8 Å². The highest BCUT2D eigenvalue weighted by molar-refractivity contribution is 5.49. The molecule has 2 aliphatic rings. The van der Waals surface area contributed by atoms with E-state index in [1.807, 2.05) is 12.4 Å². The van der Waals surface area contributed by atoms with E-state index >= 15 is 0 Å². The molecule has 1 aromatic carbocycles. The summed E-state index contributed by atoms with van der Waals surface area (Å²) in [6.45, 7) is 2.16. The molecule has 0 amide bonds. The molecule has 2 aliphatic carbocycles. The van der Waals surface area contributed by atoms with E-state index in [4.69, 9.17) is 0 Å². The van der Waals surface area contributed by atoms with Crippen molar-refractivity contribution in [2.75, 3.05) is 5.32 Å². The van der Waals surface area contributed by atoms with Gasteiger partial charge in [-0.25, -0.2) is 0 Å². The van der Waals surface area contributed by atoms with Crippen molar-refractivity contribution in [3.05, 3.63) is 59.4 Å². The van der Waals surface area contributed by atoms with Crippen molar-refractivity contribution in [1.82, 2.24) is 4.98 Å². The highest BCUT2D eigenvalue weighted by Crippen LogP contribution is 2.41. The van der Waals surface area contributed by atoms with Crippen LogP contribution in [-0.2, 0) is 12.8 Å². The fraction of sp³-hybridized carbons (Fsp3) is 0.421. The Labute approximate surface area is 126 Å². The van der Waals surface area contributed by atoms with E-state index < -0.39 is 0 Å². The molecule has 0 spiro atoms. The number of rotatable bonds is 2. The summed E-state index contributed by atoms with van der Waals surface area (Å²) in [6.07, 6.45) is 9.02. The molecule has 1 fully saturated rings. The third-order valence-electron chi connectivity index (χ3n) is 5.37. The molecule has 2 heteroatoms. The lowest BCUT2D eigenvalue weighted by atomic mass is 9.94. The quantitative estimate of drug-likeness (QED) is 0.898. The van der Waals surface area contributed by atoms with Gasteiger partial charge in [-0.15, -0.1) is 0 Å². The van der Waals surface area contributed by atoms with Crippen LogP contribution in [-0.4, -0.2) is 11.0 Å². The first-order chi connectivity index (χ1) is 10.3. The first-order valence-electron chi connectivity index (χ1n) is 8.05. The number of nitrogens with one attached hydrogen (secondary N) is 1. The number of hydrogen-bond donors (Lipinski definition) is 1. The van der Waals surface area contributed by atoms with Gasteiger partial charge in [-0.05, 0) is 67.2 Å². The van der Waals surface area contributed by atoms with Gasteiger partial charge in [-0.3, -0.25) is 4.98 Å². The molecule has 108 valence electrons. The minimum atomic E-state index is 0.598. The number of anilines is 1. The van der Waals surface area contributed by atoms with E-state index in [9.17, 15) is 0 Å². The van der Waals surface area contributed by atoms with E-state index in [2.05, 4.69) is 47.6 Å². The van der Waals surface area contributed by atoms with Crippen LogP contribution in [0, 0.1) is 18.8 Å². The molecule has 0 saturated heterocycles. The number of hydrogen-bond acceptors (Lipinski definition) is 2. The molecule has 1 saturated carbocycles. The molecule has 2 bridgehead atoms. The average Bonchev–Trinajstić information content (AvgIpc) is 2.76. The van der Waals surface area contributed by atoms with Crippen LogP contribution in [0.25, 0.3) is 0 Å². The zero-order valence-electron chi connectivity index (χ0n) is 12.5. The van der Waals surface area contributed by atoms with Crippen molar-refractivity contribution in [3.63, 3.8) is 0 Å². The van der Waals surface area contributed by atoms with E-state index in [1.165, 1.54) is 36.9 Å². The lowest BCUT2D eigenvalue weighted by molar-refractivity contribution is 0.449. The zero-order chi connectivity index (χ0) is 14.2. The Balaban J connectivity index is 1.62. The highest BCUT2D eigenvalue weighted by atomic mass is 15.0. The number of aryl methyl sites for hydroxylation is 1. The van der Waals surface area contributed by atoms with Gasteiger partial charge in [0.05, 0.1) is 11.9 Å². The first-order valence-corrected chi connectivity index (χ1v) is 8.05. The number of fused-ring (bicyclic) bond motifs is 3. The van der Waals surface area contributed by atoms with Crippen molar-refractivity contribution in [2.45, 2.75) is 38.6 Å². The molecule has 1 N–H and O–H groups in total. The molecule has 2 nitrogen and oxygen atoms in total. The average molecular weight is 278 g/mol. The molecule has 1 aromatic heterocycles. The van der Waals surface area contributed by atoms with Crippen LogP contribution < -0.4 is 5.32 Å². The van der Waals surface area contributed by atoms with Gasteiger partial charge in [0, 0.05) is 12.2 Å². The minimum absolute atomic E-state index is 0.598. The van der Waals surface area contributed by atoms with Gasteiger partial charge in [0.15, 0.2) is 0 Å². The Hall–Kier alpha value is -1.83. The zero-order valence-corrected chi connectivity index (χ0v) is 12.5. The second-order valence-electron chi connectivity index (χ2n) is 6.64. The number of pyridine rings is 1. The Bertz CT molecular complexity index is 617. The maximum Gasteiger partial charge on any atom is 0.0558 e. The predicted molar refractivity (Wildman–Crippen MR) is 86.4 cm³/mol. The van der Waals surface area contributed by atoms with Gasteiger partial charge in [0.25, 0.3) is 0 Å². The van der Waals surface area contributed by atoms with Gasteiger partial charge >= 0.3 is 0 Å². The van der Waals surface area contributed by atoms with Crippen LogP contribution in [0.5, 0.6) is 0 Å². The predicted octanol–water partition coefficient (Wildman–Crippen LogP) is 4.00. The minimum Gasteiger partial charge on any atom is -0.380 e. The van der Waals surface area contributed by atoms with Crippen LogP contribution in [0.15, 0.2) is 42.7 Å². The third-order valence-corrected chi connectivity index (χ3v) is 5.37. The van der Waals surface area contributed by atoms with E-state index in [0.29, 0.717) is 6.04 Å². The second kappa shape index (κ2) is 5.18. The standard InChI is InChI=1S/C19H22N2/c1-13-8-9-20-12-18(13)21-19-16-6-7-17(19)11-15-5-3-2-4-14(15)10-16/h2-5,8-9,12,16-17,19,21H,6-7,10-11H2,1H3. The SMILES string of the molecule is Cc1ccncc1NC1C2CCC1Cc1ccccc1C2. The van der Waals surface area contributed by atoms with Crippen LogP contribution in [0.1, 0.15) is 29.5 Å². The number of aromatic nitrogens is 1. The van der Waals surface area contributed by atoms with Crippen LogP contribution >= 0.6 is 0 Å². The van der Waals surface area contributed by atoms with Crippen molar-refractivity contribution in [1.29, 1.82) is 0 Å². The fourth-order valence-corrected chi connectivity index (χ4v) is 4.18. The topological polar surface area (TPSA) is 24.9 Å². The van der Waals surface area contributed by atoms with Gasteiger partial charge in [0.1, 0.15) is 0 Å². The Kier molecular flexibility index (Phi) is 3.17. The largest absolute Gasteiger partial charge is 0.380 e. The summed E-state index contributed by atoms with van der Waals surface area (Å²) in [5.74, 6) is 1.52. The van der Waals surface area contributed by atoms with Crippen LogP contribution in [0.2, 0.25) is 0 Å². The number of benzene rings is 1. The highest BCUT2D eigenvalue weighted by Gasteiger charge is 2.38. The normalized spacial score (nSPS) is 27.0. The smallest absolute Gasteiger partial charge is 0.0558 e. The Morgan fingerprint density at radius 3 is 2.29 bits per heavy atom. The lowest BCUT2D eigenvalue weighted by Gasteiger charge is -2.25. The Morgan fingerprint density at radius 2 is 1.67 bits per heavy atom. The molecule has 0 aliphatic heterocycles. The molecule has 1 heterocycles. The van der Waals surface area contributed by atoms with Crippen molar-refractivity contribution >= 4 is 5.69 Å². The molecular formula is C19H22N2. The lowest BCUT2D eigenvalue weighted by Crippen LogP contribution is -2.31. The molecule has 2 atom stereocenters. The summed E-state index contributed by atoms with van der Waals surface area (Å²) in [6, 6.07) is 11.7. The maximum atomic E-state index is 4.28.